The van der Waals surface area contributed by atoms with Crippen LogP contribution in [0.15, 0.2) is 0 Å². The van der Waals surface area contributed by atoms with Gasteiger partial charge in [-0.3, -0.25) is 0 Å². The average Bonchev–Trinajstić information content (AvgIpc) is 2.89. The van der Waals surface area contributed by atoms with Gasteiger partial charge in [-0.2, -0.15) is 0 Å². The van der Waals surface area contributed by atoms with Gasteiger partial charge < -0.3 is 9.47 Å². The van der Waals surface area contributed by atoms with Crippen LogP contribution >= 0.6 is 0 Å². The van der Waals surface area contributed by atoms with Gasteiger partial charge in [-0.1, -0.05) is 6.92 Å². The minimum absolute atomic E-state index is 0.615. The van der Waals surface area contributed by atoms with Crippen molar-refractivity contribution in [2.24, 2.45) is 17.8 Å². The minimum Gasteiger partial charge on any atom is -0.369 e. The molecule has 66 valence electrons. The lowest BCUT2D eigenvalue weighted by Crippen LogP contribution is -2.31. The summed E-state index contributed by atoms with van der Waals surface area (Å²) in [4.78, 5) is 0. The maximum absolute atomic E-state index is 5.64. The van der Waals surface area contributed by atoms with Gasteiger partial charge in [0.25, 0.3) is 0 Å². The first-order chi connectivity index (χ1) is 5.84. The zero-order chi connectivity index (χ0) is 7.87. The molecule has 2 nitrogen and oxygen atoms in total. The summed E-state index contributed by atoms with van der Waals surface area (Å²) in [7, 11) is 0. The fourth-order valence-electron chi connectivity index (χ4n) is 3.64. The Hall–Kier alpha value is -0.0800. The molecule has 0 spiro atoms. The number of hydrogen-bond acceptors (Lipinski definition) is 2. The Balaban J connectivity index is 1.68. The molecule has 2 aliphatic carbocycles. The van der Waals surface area contributed by atoms with Gasteiger partial charge in [-0.15, -0.1) is 0 Å². The first-order valence-electron chi connectivity index (χ1n) is 5.15. The van der Waals surface area contributed by atoms with Crippen LogP contribution in [0.25, 0.3) is 0 Å². The summed E-state index contributed by atoms with van der Waals surface area (Å²) in [5.74, 6) is 2.59. The third kappa shape index (κ3) is 0.612. The summed E-state index contributed by atoms with van der Waals surface area (Å²) in [6.07, 6.45) is 5.15. The summed E-state index contributed by atoms with van der Waals surface area (Å²) < 4.78 is 11.2. The lowest BCUT2D eigenvalue weighted by Gasteiger charge is -2.29. The monoisotopic (exact) mass is 166 g/mol. The zero-order valence-corrected chi connectivity index (χ0v) is 7.27. The lowest BCUT2D eigenvalue weighted by molar-refractivity contribution is 0.129. The number of epoxide rings is 2. The van der Waals surface area contributed by atoms with E-state index in [2.05, 4.69) is 6.92 Å². The average molecular weight is 166 g/mol. The first kappa shape index (κ1) is 6.39. The second-order valence-corrected chi connectivity index (χ2v) is 4.94. The summed E-state index contributed by atoms with van der Waals surface area (Å²) in [6.45, 7) is 2.37. The molecule has 2 saturated heterocycles. The van der Waals surface area contributed by atoms with Crippen molar-refractivity contribution in [3.8, 4) is 0 Å². The molecule has 0 N–H and O–H groups in total. The Morgan fingerprint density at radius 3 is 2.50 bits per heavy atom. The molecule has 7 unspecified atom stereocenters. The Morgan fingerprint density at radius 2 is 1.58 bits per heavy atom. The third-order valence-corrected chi connectivity index (χ3v) is 4.42. The second kappa shape index (κ2) is 1.73. The van der Waals surface area contributed by atoms with Gasteiger partial charge in [-0.25, -0.2) is 0 Å². The van der Waals surface area contributed by atoms with Gasteiger partial charge in [0.1, 0.15) is 0 Å². The van der Waals surface area contributed by atoms with Crippen LogP contribution in [0.1, 0.15) is 19.8 Å². The molecule has 4 fully saturated rings. The normalized spacial score (nSPS) is 71.2. The highest BCUT2D eigenvalue weighted by Crippen LogP contribution is 2.58. The molecule has 2 heteroatoms. The molecule has 2 saturated carbocycles. The largest absolute Gasteiger partial charge is 0.369 e. The van der Waals surface area contributed by atoms with E-state index in [9.17, 15) is 0 Å². The summed E-state index contributed by atoms with van der Waals surface area (Å²) in [6, 6.07) is 0. The molecule has 0 aromatic rings. The predicted molar refractivity (Wildman–Crippen MR) is 42.7 cm³/mol. The molecule has 12 heavy (non-hydrogen) atoms. The van der Waals surface area contributed by atoms with Crippen LogP contribution in [0.5, 0.6) is 0 Å². The number of ether oxygens (including phenoxy) is 2. The fraction of sp³-hybridized carbons (Fsp3) is 1.00. The Morgan fingerprint density at radius 1 is 0.917 bits per heavy atom. The molecule has 2 aliphatic heterocycles. The van der Waals surface area contributed by atoms with Crippen LogP contribution in [0, 0.1) is 17.8 Å². The van der Waals surface area contributed by atoms with Crippen molar-refractivity contribution in [2.45, 2.75) is 44.2 Å². The number of rotatable bonds is 0. The summed E-state index contributed by atoms with van der Waals surface area (Å²) >= 11 is 0. The molecule has 0 amide bonds. The SMILES string of the molecule is CC1C2CC3OC3C2CC2OC21. The van der Waals surface area contributed by atoms with Crippen molar-refractivity contribution in [3.63, 3.8) is 0 Å². The van der Waals surface area contributed by atoms with E-state index in [1.54, 1.807) is 0 Å². The summed E-state index contributed by atoms with van der Waals surface area (Å²) in [5, 5.41) is 0. The van der Waals surface area contributed by atoms with Crippen molar-refractivity contribution in [2.75, 3.05) is 0 Å². The smallest absolute Gasteiger partial charge is 0.0873 e. The third-order valence-electron chi connectivity index (χ3n) is 4.42. The van der Waals surface area contributed by atoms with Crippen LogP contribution in [0.2, 0.25) is 0 Å². The Bertz CT molecular complexity index is 240. The Kier molecular flexibility index (Phi) is 0.921. The molecule has 2 heterocycles. The highest BCUT2D eigenvalue weighted by Gasteiger charge is 2.64. The molecule has 7 atom stereocenters. The van der Waals surface area contributed by atoms with E-state index < -0.39 is 0 Å². The Labute approximate surface area is 72.2 Å². The van der Waals surface area contributed by atoms with Gasteiger partial charge in [-0.05, 0) is 30.6 Å². The van der Waals surface area contributed by atoms with Gasteiger partial charge in [0, 0.05) is 0 Å². The topological polar surface area (TPSA) is 25.1 Å². The summed E-state index contributed by atoms with van der Waals surface area (Å²) in [5.41, 5.74) is 0. The van der Waals surface area contributed by atoms with E-state index >= 15 is 0 Å². The maximum Gasteiger partial charge on any atom is 0.0873 e. The highest BCUT2D eigenvalue weighted by atomic mass is 16.6. The van der Waals surface area contributed by atoms with Crippen LogP contribution < -0.4 is 0 Å². The molecule has 4 rings (SSSR count). The zero-order valence-electron chi connectivity index (χ0n) is 7.27. The van der Waals surface area contributed by atoms with E-state index in [1.165, 1.54) is 12.8 Å². The maximum atomic E-state index is 5.64. The fourth-order valence-corrected chi connectivity index (χ4v) is 3.64. The van der Waals surface area contributed by atoms with E-state index in [-0.39, 0.29) is 0 Å². The van der Waals surface area contributed by atoms with Crippen LogP contribution in [-0.2, 0) is 9.47 Å². The molecular formula is C10H14O2. The standard InChI is InChI=1S/C10H14O2/c1-4-5-2-8-10(12-8)6(5)3-7-9(4)11-7/h4-10H,2-3H2,1H3. The highest BCUT2D eigenvalue weighted by molar-refractivity contribution is 5.11. The molecule has 0 aromatic heterocycles. The van der Waals surface area contributed by atoms with Crippen molar-refractivity contribution in [1.82, 2.24) is 0 Å². The van der Waals surface area contributed by atoms with Crippen molar-refractivity contribution in [3.05, 3.63) is 0 Å². The molecule has 0 bridgehead atoms. The van der Waals surface area contributed by atoms with Gasteiger partial charge in [0.15, 0.2) is 0 Å². The van der Waals surface area contributed by atoms with E-state index in [0.717, 1.165) is 17.8 Å². The van der Waals surface area contributed by atoms with Crippen LogP contribution in [-0.4, -0.2) is 24.4 Å². The van der Waals surface area contributed by atoms with Crippen molar-refractivity contribution < 1.29 is 9.47 Å². The van der Waals surface area contributed by atoms with E-state index in [1.807, 2.05) is 0 Å². The molecule has 4 aliphatic rings. The quantitative estimate of drug-likeness (QED) is 0.505. The van der Waals surface area contributed by atoms with Crippen molar-refractivity contribution >= 4 is 0 Å². The molecule has 0 aromatic carbocycles. The predicted octanol–water partition coefficient (Wildman–Crippen LogP) is 1.20. The van der Waals surface area contributed by atoms with Gasteiger partial charge in [0.2, 0.25) is 0 Å². The first-order valence-corrected chi connectivity index (χ1v) is 5.15. The molecule has 0 radical (unpaired) electrons. The lowest BCUT2D eigenvalue weighted by atomic mass is 9.74. The van der Waals surface area contributed by atoms with Crippen molar-refractivity contribution in [1.29, 1.82) is 0 Å². The van der Waals surface area contributed by atoms with E-state index in [4.69, 9.17) is 9.47 Å². The minimum atomic E-state index is 0.615. The molecular weight excluding hydrogens is 152 g/mol. The number of hydrogen-bond donors (Lipinski definition) is 0. The van der Waals surface area contributed by atoms with Crippen LogP contribution in [0.3, 0.4) is 0 Å². The van der Waals surface area contributed by atoms with Gasteiger partial charge in [0.05, 0.1) is 24.4 Å². The van der Waals surface area contributed by atoms with E-state index in [0.29, 0.717) is 24.4 Å². The number of fused-ring (bicyclic) bond motifs is 4. The van der Waals surface area contributed by atoms with Crippen LogP contribution in [0.4, 0.5) is 0 Å². The van der Waals surface area contributed by atoms with Gasteiger partial charge >= 0.3 is 0 Å². The second-order valence-electron chi connectivity index (χ2n) is 4.94.